The Balaban J connectivity index is 1.72. The van der Waals surface area contributed by atoms with Gasteiger partial charge in [0.2, 0.25) is 0 Å². The Bertz CT molecular complexity index is 889. The molecule has 2 aromatic heterocycles. The molecule has 1 unspecified atom stereocenters. The lowest BCUT2D eigenvalue weighted by atomic mass is 10.1. The molecule has 26 heavy (non-hydrogen) atoms. The molecule has 0 bridgehead atoms. The van der Waals surface area contributed by atoms with E-state index in [-0.39, 0.29) is 11.9 Å². The average Bonchev–Trinajstić information content (AvgIpc) is 3.08. The van der Waals surface area contributed by atoms with Crippen LogP contribution >= 0.6 is 0 Å². The topological polar surface area (TPSA) is 97.6 Å². The SMILES string of the molecule is CCNc1ccnc(-c2ccc(C(=O)NC(C)c3nncn3C)cc2)n1. The summed E-state index contributed by atoms with van der Waals surface area (Å²) in [6.45, 7) is 4.67. The lowest BCUT2D eigenvalue weighted by Gasteiger charge is -2.13. The van der Waals surface area contributed by atoms with Crippen molar-refractivity contribution in [3.63, 3.8) is 0 Å². The number of amides is 1. The molecule has 0 spiro atoms. The lowest BCUT2D eigenvalue weighted by molar-refractivity contribution is 0.0938. The zero-order chi connectivity index (χ0) is 18.5. The summed E-state index contributed by atoms with van der Waals surface area (Å²) in [5.41, 5.74) is 1.41. The van der Waals surface area contributed by atoms with Gasteiger partial charge in [-0.3, -0.25) is 4.79 Å². The number of nitrogens with one attached hydrogen (secondary N) is 2. The van der Waals surface area contributed by atoms with Crippen LogP contribution in [0.5, 0.6) is 0 Å². The Morgan fingerprint density at radius 2 is 2.00 bits per heavy atom. The number of hydrogen-bond acceptors (Lipinski definition) is 6. The van der Waals surface area contributed by atoms with Crippen LogP contribution in [0.1, 0.15) is 36.1 Å². The Morgan fingerprint density at radius 3 is 2.65 bits per heavy atom. The van der Waals surface area contributed by atoms with Crippen molar-refractivity contribution in [1.82, 2.24) is 30.0 Å². The molecule has 8 nitrogen and oxygen atoms in total. The summed E-state index contributed by atoms with van der Waals surface area (Å²) < 4.78 is 1.78. The van der Waals surface area contributed by atoms with Crippen LogP contribution in [0.4, 0.5) is 5.82 Å². The second-order valence-corrected chi connectivity index (χ2v) is 5.87. The van der Waals surface area contributed by atoms with Gasteiger partial charge in [-0.1, -0.05) is 12.1 Å². The molecule has 0 saturated carbocycles. The zero-order valence-electron chi connectivity index (χ0n) is 15.0. The van der Waals surface area contributed by atoms with Crippen molar-refractivity contribution in [3.8, 4) is 11.4 Å². The molecule has 134 valence electrons. The van der Waals surface area contributed by atoms with E-state index in [1.807, 2.05) is 39.1 Å². The van der Waals surface area contributed by atoms with Gasteiger partial charge in [-0.15, -0.1) is 10.2 Å². The molecule has 0 aliphatic carbocycles. The van der Waals surface area contributed by atoms with E-state index in [1.54, 1.807) is 29.2 Å². The molecule has 1 aromatic carbocycles. The van der Waals surface area contributed by atoms with Crippen molar-refractivity contribution in [3.05, 3.63) is 54.2 Å². The summed E-state index contributed by atoms with van der Waals surface area (Å²) in [6, 6.07) is 8.78. The quantitative estimate of drug-likeness (QED) is 0.706. The molecule has 8 heteroatoms. The summed E-state index contributed by atoms with van der Waals surface area (Å²) in [4.78, 5) is 21.2. The number of benzene rings is 1. The van der Waals surface area contributed by atoms with Crippen LogP contribution in [0.15, 0.2) is 42.9 Å². The van der Waals surface area contributed by atoms with Gasteiger partial charge in [0.05, 0.1) is 6.04 Å². The number of aromatic nitrogens is 5. The zero-order valence-corrected chi connectivity index (χ0v) is 15.0. The summed E-state index contributed by atoms with van der Waals surface area (Å²) in [7, 11) is 1.84. The van der Waals surface area contributed by atoms with Crippen LogP contribution in [-0.2, 0) is 7.05 Å². The summed E-state index contributed by atoms with van der Waals surface area (Å²) in [6.07, 6.45) is 3.32. The van der Waals surface area contributed by atoms with E-state index in [9.17, 15) is 4.79 Å². The average molecular weight is 351 g/mol. The second-order valence-electron chi connectivity index (χ2n) is 5.87. The smallest absolute Gasteiger partial charge is 0.251 e. The Labute approximate surface area is 151 Å². The summed E-state index contributed by atoms with van der Waals surface area (Å²) in [5.74, 6) is 1.91. The fraction of sp³-hybridized carbons (Fsp3) is 0.278. The largest absolute Gasteiger partial charge is 0.370 e. The second kappa shape index (κ2) is 7.73. The van der Waals surface area contributed by atoms with Gasteiger partial charge in [-0.25, -0.2) is 9.97 Å². The first-order valence-corrected chi connectivity index (χ1v) is 8.40. The molecular weight excluding hydrogens is 330 g/mol. The number of anilines is 1. The summed E-state index contributed by atoms with van der Waals surface area (Å²) >= 11 is 0. The van der Waals surface area contributed by atoms with Crippen molar-refractivity contribution in [2.24, 2.45) is 7.05 Å². The Kier molecular flexibility index (Phi) is 5.21. The van der Waals surface area contributed by atoms with Gasteiger partial charge in [0.25, 0.3) is 5.91 Å². The number of hydrogen-bond donors (Lipinski definition) is 2. The highest BCUT2D eigenvalue weighted by molar-refractivity contribution is 5.94. The molecular formula is C18H21N7O. The van der Waals surface area contributed by atoms with Gasteiger partial charge in [0.1, 0.15) is 12.1 Å². The number of aryl methyl sites for hydroxylation is 1. The van der Waals surface area contributed by atoms with E-state index in [2.05, 4.69) is 30.8 Å². The predicted molar refractivity (Wildman–Crippen MR) is 98.5 cm³/mol. The highest BCUT2D eigenvalue weighted by Crippen LogP contribution is 2.17. The number of carbonyl (C=O) groups is 1. The predicted octanol–water partition coefficient (Wildman–Crippen LogP) is 2.19. The van der Waals surface area contributed by atoms with E-state index in [0.717, 1.165) is 17.9 Å². The van der Waals surface area contributed by atoms with Crippen LogP contribution < -0.4 is 10.6 Å². The minimum atomic E-state index is -0.241. The maximum absolute atomic E-state index is 12.4. The molecule has 0 fully saturated rings. The normalized spacial score (nSPS) is 11.8. The van der Waals surface area contributed by atoms with E-state index < -0.39 is 0 Å². The molecule has 0 aliphatic heterocycles. The van der Waals surface area contributed by atoms with Crippen LogP contribution in [0.25, 0.3) is 11.4 Å². The van der Waals surface area contributed by atoms with E-state index in [0.29, 0.717) is 17.2 Å². The lowest BCUT2D eigenvalue weighted by Crippen LogP contribution is -2.28. The van der Waals surface area contributed by atoms with Crippen LogP contribution in [0.2, 0.25) is 0 Å². The minimum absolute atomic E-state index is 0.172. The maximum atomic E-state index is 12.4. The van der Waals surface area contributed by atoms with Crippen molar-refractivity contribution in [1.29, 1.82) is 0 Å². The fourth-order valence-corrected chi connectivity index (χ4v) is 2.58. The van der Waals surface area contributed by atoms with Crippen LogP contribution in [0.3, 0.4) is 0 Å². The maximum Gasteiger partial charge on any atom is 0.251 e. The van der Waals surface area contributed by atoms with Crippen LogP contribution in [0, 0.1) is 0 Å². The van der Waals surface area contributed by atoms with Gasteiger partial charge in [-0.2, -0.15) is 0 Å². The van der Waals surface area contributed by atoms with Crippen molar-refractivity contribution in [2.45, 2.75) is 19.9 Å². The van der Waals surface area contributed by atoms with Gasteiger partial charge in [0, 0.05) is 30.9 Å². The van der Waals surface area contributed by atoms with E-state index in [4.69, 9.17) is 0 Å². The molecule has 1 amide bonds. The van der Waals surface area contributed by atoms with Gasteiger partial charge >= 0.3 is 0 Å². The summed E-state index contributed by atoms with van der Waals surface area (Å²) in [5, 5.41) is 13.9. The first-order valence-electron chi connectivity index (χ1n) is 8.40. The monoisotopic (exact) mass is 351 g/mol. The molecule has 2 heterocycles. The number of nitrogens with zero attached hydrogens (tertiary/aromatic N) is 5. The third-order valence-corrected chi connectivity index (χ3v) is 3.90. The Morgan fingerprint density at radius 1 is 1.23 bits per heavy atom. The fourth-order valence-electron chi connectivity index (χ4n) is 2.58. The van der Waals surface area contributed by atoms with E-state index in [1.165, 1.54) is 0 Å². The minimum Gasteiger partial charge on any atom is -0.370 e. The molecule has 1 atom stereocenters. The molecule has 0 saturated heterocycles. The first-order chi connectivity index (χ1) is 12.6. The molecule has 0 radical (unpaired) electrons. The number of carbonyl (C=O) groups excluding carboxylic acids is 1. The number of rotatable bonds is 6. The molecule has 0 aliphatic rings. The van der Waals surface area contributed by atoms with Gasteiger partial charge in [-0.05, 0) is 32.0 Å². The highest BCUT2D eigenvalue weighted by atomic mass is 16.1. The molecule has 3 aromatic rings. The van der Waals surface area contributed by atoms with Gasteiger partial charge in [0.15, 0.2) is 11.6 Å². The van der Waals surface area contributed by atoms with Crippen molar-refractivity contribution in [2.75, 3.05) is 11.9 Å². The third kappa shape index (κ3) is 3.85. The highest BCUT2D eigenvalue weighted by Gasteiger charge is 2.15. The Hall–Kier alpha value is -3.29. The van der Waals surface area contributed by atoms with Crippen molar-refractivity contribution < 1.29 is 4.79 Å². The standard InChI is InChI=1S/C18H21N7O/c1-4-19-15-9-10-20-16(23-15)13-5-7-14(8-6-13)18(26)22-12(2)17-24-21-11-25(17)3/h5-12H,4H2,1-3H3,(H,22,26)(H,19,20,23). The van der Waals surface area contributed by atoms with E-state index >= 15 is 0 Å². The molecule has 2 N–H and O–H groups in total. The third-order valence-electron chi connectivity index (χ3n) is 3.90. The van der Waals surface area contributed by atoms with Gasteiger partial charge < -0.3 is 15.2 Å². The van der Waals surface area contributed by atoms with Crippen molar-refractivity contribution >= 4 is 11.7 Å². The molecule has 3 rings (SSSR count). The van der Waals surface area contributed by atoms with Crippen LogP contribution in [-0.4, -0.2) is 37.2 Å². The first kappa shape index (κ1) is 17.5.